The number of nitrogens with zero attached hydrogens (tertiary/aromatic N) is 4. The number of hydrogen-bond acceptors (Lipinski definition) is 4. The molecule has 13 heavy (non-hydrogen) atoms. The molecule has 6 nitrogen and oxygen atoms in total. The quantitative estimate of drug-likeness (QED) is 0.514. The summed E-state index contributed by atoms with van der Waals surface area (Å²) in [4.78, 5) is 9.73. The van der Waals surface area contributed by atoms with E-state index in [1.54, 1.807) is 6.07 Å². The van der Waals surface area contributed by atoms with Crippen LogP contribution in [0.15, 0.2) is 6.20 Å². The minimum absolute atomic E-state index is 0.0125. The third-order valence-corrected chi connectivity index (χ3v) is 1.49. The summed E-state index contributed by atoms with van der Waals surface area (Å²) in [6.45, 7) is 2.52. The highest BCUT2D eigenvalue weighted by Gasteiger charge is 2.19. The number of nitro groups is 1. The van der Waals surface area contributed by atoms with Crippen molar-refractivity contribution in [2.75, 3.05) is 0 Å². The summed E-state index contributed by atoms with van der Waals surface area (Å²) in [5.74, 6) is -0.365. The van der Waals surface area contributed by atoms with Crippen LogP contribution in [0.5, 0.6) is 0 Å². The average molecular weight is 180 g/mol. The molecule has 1 heterocycles. The van der Waals surface area contributed by atoms with Crippen molar-refractivity contribution in [3.05, 3.63) is 21.9 Å². The van der Waals surface area contributed by atoms with Crippen LogP contribution >= 0.6 is 0 Å². The lowest BCUT2D eigenvalue weighted by molar-refractivity contribution is -0.390. The van der Waals surface area contributed by atoms with Crippen LogP contribution in [-0.2, 0) is 6.54 Å². The number of nitriles is 1. The fourth-order valence-corrected chi connectivity index (χ4v) is 0.969. The van der Waals surface area contributed by atoms with E-state index >= 15 is 0 Å². The first-order chi connectivity index (χ1) is 6.19. The molecule has 1 aromatic heterocycles. The van der Waals surface area contributed by atoms with Gasteiger partial charge in [-0.05, 0) is 11.3 Å². The standard InChI is InChI=1S/C7H8N4O2/c1-2-3-10-5-6(4-8)7(9-10)11(12)13/h5H,2-3H2,1H3. The Labute approximate surface area is 74.5 Å². The minimum atomic E-state index is -0.648. The second-order valence-corrected chi connectivity index (χ2v) is 2.50. The molecular weight excluding hydrogens is 172 g/mol. The van der Waals surface area contributed by atoms with Crippen molar-refractivity contribution in [1.29, 1.82) is 5.26 Å². The van der Waals surface area contributed by atoms with Gasteiger partial charge in [-0.15, -0.1) is 0 Å². The molecule has 0 N–H and O–H groups in total. The topological polar surface area (TPSA) is 84.8 Å². The third kappa shape index (κ3) is 1.82. The lowest BCUT2D eigenvalue weighted by atomic mass is 10.4. The zero-order valence-electron chi connectivity index (χ0n) is 7.10. The zero-order chi connectivity index (χ0) is 9.84. The Morgan fingerprint density at radius 2 is 2.54 bits per heavy atom. The van der Waals surface area contributed by atoms with Crippen LogP contribution in [0.3, 0.4) is 0 Å². The summed E-state index contributed by atoms with van der Waals surface area (Å²) in [6.07, 6.45) is 2.21. The fraction of sp³-hybridized carbons (Fsp3) is 0.429. The maximum absolute atomic E-state index is 10.4. The Kier molecular flexibility index (Phi) is 2.59. The first-order valence-corrected chi connectivity index (χ1v) is 3.81. The first-order valence-electron chi connectivity index (χ1n) is 3.81. The number of rotatable bonds is 3. The van der Waals surface area contributed by atoms with Crippen molar-refractivity contribution in [1.82, 2.24) is 9.78 Å². The summed E-state index contributed by atoms with van der Waals surface area (Å²) >= 11 is 0. The largest absolute Gasteiger partial charge is 0.407 e. The highest BCUT2D eigenvalue weighted by molar-refractivity contribution is 5.40. The smallest absolute Gasteiger partial charge is 0.358 e. The molecule has 0 amide bonds. The molecule has 0 bridgehead atoms. The Balaban J connectivity index is 3.06. The van der Waals surface area contributed by atoms with Crippen LogP contribution in [0.2, 0.25) is 0 Å². The van der Waals surface area contributed by atoms with Gasteiger partial charge in [0.15, 0.2) is 5.56 Å². The number of aromatic nitrogens is 2. The van der Waals surface area contributed by atoms with Gasteiger partial charge in [-0.1, -0.05) is 6.92 Å². The van der Waals surface area contributed by atoms with E-state index in [4.69, 9.17) is 5.26 Å². The van der Waals surface area contributed by atoms with Crippen LogP contribution in [0, 0.1) is 21.4 Å². The molecule has 1 aromatic rings. The molecule has 0 unspecified atom stereocenters. The lowest BCUT2D eigenvalue weighted by Crippen LogP contribution is -1.98. The van der Waals surface area contributed by atoms with Crippen molar-refractivity contribution in [3.8, 4) is 6.07 Å². The van der Waals surface area contributed by atoms with Crippen LogP contribution in [0.1, 0.15) is 18.9 Å². The van der Waals surface area contributed by atoms with E-state index in [2.05, 4.69) is 5.10 Å². The van der Waals surface area contributed by atoms with Crippen LogP contribution < -0.4 is 0 Å². The molecule has 1 rings (SSSR count). The predicted octanol–water partition coefficient (Wildman–Crippen LogP) is 1.07. The first kappa shape index (κ1) is 9.19. The summed E-state index contributed by atoms with van der Waals surface area (Å²) in [6, 6.07) is 1.73. The number of aryl methyl sites for hydroxylation is 1. The van der Waals surface area contributed by atoms with Crippen molar-refractivity contribution < 1.29 is 4.92 Å². The highest BCUT2D eigenvalue weighted by Crippen LogP contribution is 2.14. The van der Waals surface area contributed by atoms with E-state index in [9.17, 15) is 10.1 Å². The molecule has 0 saturated heterocycles. The molecule has 68 valence electrons. The molecule has 0 aliphatic heterocycles. The average Bonchev–Trinajstić information content (AvgIpc) is 2.48. The summed E-state index contributed by atoms with van der Waals surface area (Å²) in [7, 11) is 0. The zero-order valence-corrected chi connectivity index (χ0v) is 7.10. The van der Waals surface area contributed by atoms with Crippen LogP contribution in [-0.4, -0.2) is 14.7 Å². The predicted molar refractivity (Wildman–Crippen MR) is 43.9 cm³/mol. The Morgan fingerprint density at radius 1 is 1.85 bits per heavy atom. The molecule has 0 fully saturated rings. The van der Waals surface area contributed by atoms with Gasteiger partial charge >= 0.3 is 5.82 Å². The summed E-state index contributed by atoms with van der Waals surface area (Å²) in [5, 5.41) is 22.6. The van der Waals surface area contributed by atoms with Gasteiger partial charge in [0.1, 0.15) is 6.07 Å². The normalized spacial score (nSPS) is 9.54. The molecule has 0 spiro atoms. The van der Waals surface area contributed by atoms with Gasteiger partial charge in [0, 0.05) is 0 Å². The maximum atomic E-state index is 10.4. The minimum Gasteiger partial charge on any atom is -0.358 e. The van der Waals surface area contributed by atoms with Gasteiger partial charge in [-0.3, -0.25) is 0 Å². The monoisotopic (exact) mass is 180 g/mol. The van der Waals surface area contributed by atoms with Crippen molar-refractivity contribution in [2.45, 2.75) is 19.9 Å². The van der Waals surface area contributed by atoms with Crippen molar-refractivity contribution >= 4 is 5.82 Å². The third-order valence-electron chi connectivity index (χ3n) is 1.49. The Bertz CT molecular complexity index is 363. The second kappa shape index (κ2) is 3.67. The van der Waals surface area contributed by atoms with E-state index in [0.29, 0.717) is 6.54 Å². The highest BCUT2D eigenvalue weighted by atomic mass is 16.6. The van der Waals surface area contributed by atoms with E-state index in [-0.39, 0.29) is 11.4 Å². The maximum Gasteiger partial charge on any atom is 0.407 e. The van der Waals surface area contributed by atoms with Gasteiger partial charge < -0.3 is 10.1 Å². The fourth-order valence-electron chi connectivity index (χ4n) is 0.969. The Morgan fingerprint density at radius 3 is 2.92 bits per heavy atom. The van der Waals surface area contributed by atoms with Gasteiger partial charge in [-0.25, -0.2) is 0 Å². The van der Waals surface area contributed by atoms with Gasteiger partial charge in [0.25, 0.3) is 0 Å². The van der Waals surface area contributed by atoms with Gasteiger partial charge in [0.2, 0.25) is 0 Å². The molecule has 0 aliphatic rings. The van der Waals surface area contributed by atoms with Crippen molar-refractivity contribution in [3.63, 3.8) is 0 Å². The van der Waals surface area contributed by atoms with Gasteiger partial charge in [-0.2, -0.15) is 9.94 Å². The summed E-state index contributed by atoms with van der Waals surface area (Å²) in [5.41, 5.74) is 0.0125. The van der Waals surface area contributed by atoms with Gasteiger partial charge in [0.05, 0.1) is 17.8 Å². The van der Waals surface area contributed by atoms with Crippen molar-refractivity contribution in [2.24, 2.45) is 0 Å². The summed E-state index contributed by atoms with van der Waals surface area (Å²) < 4.78 is 1.41. The molecule has 0 saturated carbocycles. The molecule has 0 aromatic carbocycles. The second-order valence-electron chi connectivity index (χ2n) is 2.50. The van der Waals surface area contributed by atoms with E-state index < -0.39 is 4.92 Å². The SMILES string of the molecule is CCCn1cc(C#N)c([N+](=O)[O-])n1. The van der Waals surface area contributed by atoms with E-state index in [1.165, 1.54) is 10.9 Å². The number of hydrogen-bond donors (Lipinski definition) is 0. The Hall–Kier alpha value is -1.90. The van der Waals surface area contributed by atoms with Crippen LogP contribution in [0.25, 0.3) is 0 Å². The van der Waals surface area contributed by atoms with Crippen LogP contribution in [0.4, 0.5) is 5.82 Å². The molecule has 0 radical (unpaired) electrons. The molecule has 6 heteroatoms. The van der Waals surface area contributed by atoms with E-state index in [0.717, 1.165) is 6.42 Å². The molecule has 0 aliphatic carbocycles. The van der Waals surface area contributed by atoms with E-state index in [1.807, 2.05) is 6.92 Å². The molecule has 0 atom stereocenters. The molecular formula is C7H8N4O2. The lowest BCUT2D eigenvalue weighted by Gasteiger charge is -1.88.